The maximum Gasteiger partial charge on any atom is 0.272 e. The molecule has 0 bridgehead atoms. The van der Waals surface area contributed by atoms with Gasteiger partial charge in [-0.3, -0.25) is 4.79 Å². The zero-order valence-electron chi connectivity index (χ0n) is 11.2. The molecule has 1 atom stereocenters. The molecule has 1 unspecified atom stereocenters. The van der Waals surface area contributed by atoms with Crippen LogP contribution in [0.1, 0.15) is 39.8 Å². The average molecular weight is 323 g/mol. The summed E-state index contributed by atoms with van der Waals surface area (Å²) < 4.78 is 0. The van der Waals surface area contributed by atoms with Crippen LogP contribution in [0.25, 0.3) is 0 Å². The molecule has 2 heterocycles. The van der Waals surface area contributed by atoms with E-state index in [1.54, 1.807) is 23.5 Å². The minimum atomic E-state index is -0.277. The Labute approximate surface area is 131 Å². The minimum Gasteiger partial charge on any atom is -0.344 e. The van der Waals surface area contributed by atoms with E-state index in [9.17, 15) is 4.79 Å². The summed E-state index contributed by atoms with van der Waals surface area (Å²) in [6, 6.07) is 5.34. The summed E-state index contributed by atoms with van der Waals surface area (Å²) >= 11 is 7.80. The number of hydrazine groups is 1. The Kier molecular flexibility index (Phi) is 4.10. The molecule has 0 aliphatic heterocycles. The Morgan fingerprint density at radius 3 is 3.10 bits per heavy atom. The summed E-state index contributed by atoms with van der Waals surface area (Å²) in [6.45, 7) is 0. The summed E-state index contributed by atoms with van der Waals surface area (Å²) in [5.41, 5.74) is 3.82. The number of carbonyl (C=O) groups is 1. The molecule has 0 aromatic carbocycles. The largest absolute Gasteiger partial charge is 0.344 e. The number of nitrogens with zero attached hydrogens (tertiary/aromatic N) is 1. The summed E-state index contributed by atoms with van der Waals surface area (Å²) in [6.07, 6.45) is 3.09. The standard InChI is InChI=1S/C14H15ClN4OS/c15-9-4-5-12(19-16)18-13(9)14(20)17-10-2-1-3-11-8(10)6-7-21-11/h4-7,10H,1-3,16H2,(H,17,20)(H,18,19). The predicted molar refractivity (Wildman–Crippen MR) is 84.5 cm³/mol. The smallest absolute Gasteiger partial charge is 0.272 e. The molecule has 0 saturated heterocycles. The van der Waals surface area contributed by atoms with Crippen molar-refractivity contribution in [3.05, 3.63) is 44.7 Å². The van der Waals surface area contributed by atoms with E-state index in [4.69, 9.17) is 17.4 Å². The van der Waals surface area contributed by atoms with Crippen LogP contribution >= 0.6 is 22.9 Å². The molecule has 0 saturated carbocycles. The molecule has 1 aliphatic carbocycles. The summed E-state index contributed by atoms with van der Waals surface area (Å²) in [5.74, 6) is 5.45. The number of hydrogen-bond acceptors (Lipinski definition) is 5. The summed E-state index contributed by atoms with van der Waals surface area (Å²) in [7, 11) is 0. The lowest BCUT2D eigenvalue weighted by molar-refractivity contribution is 0.0928. The molecule has 0 spiro atoms. The van der Waals surface area contributed by atoms with Crippen molar-refractivity contribution >= 4 is 34.7 Å². The van der Waals surface area contributed by atoms with Crippen molar-refractivity contribution in [1.29, 1.82) is 0 Å². The number of halogens is 1. The highest BCUT2D eigenvalue weighted by atomic mass is 35.5. The molecular formula is C14H15ClN4OS. The first-order valence-corrected chi connectivity index (χ1v) is 7.95. The third-order valence-electron chi connectivity index (χ3n) is 3.57. The van der Waals surface area contributed by atoms with Crippen LogP contribution in [0.4, 0.5) is 5.82 Å². The highest BCUT2D eigenvalue weighted by Crippen LogP contribution is 2.33. The van der Waals surface area contributed by atoms with Crippen LogP contribution in [-0.2, 0) is 6.42 Å². The molecule has 3 rings (SSSR count). The van der Waals surface area contributed by atoms with E-state index < -0.39 is 0 Å². The highest BCUT2D eigenvalue weighted by Gasteiger charge is 2.24. The molecule has 7 heteroatoms. The molecule has 2 aromatic heterocycles. The van der Waals surface area contributed by atoms with Crippen molar-refractivity contribution in [3.8, 4) is 0 Å². The maximum absolute atomic E-state index is 12.4. The number of anilines is 1. The van der Waals surface area contributed by atoms with E-state index in [0.717, 1.165) is 19.3 Å². The Balaban J connectivity index is 1.82. The van der Waals surface area contributed by atoms with Crippen molar-refractivity contribution in [3.63, 3.8) is 0 Å². The number of rotatable bonds is 3. The van der Waals surface area contributed by atoms with Crippen molar-refractivity contribution in [2.24, 2.45) is 5.84 Å². The molecule has 1 aliphatic rings. The van der Waals surface area contributed by atoms with Crippen LogP contribution in [0, 0.1) is 0 Å². The molecule has 5 nitrogen and oxygen atoms in total. The number of hydrogen-bond donors (Lipinski definition) is 3. The second-order valence-corrected chi connectivity index (χ2v) is 6.30. The van der Waals surface area contributed by atoms with Crippen molar-refractivity contribution in [1.82, 2.24) is 10.3 Å². The number of nitrogens with two attached hydrogens (primary N) is 1. The second-order valence-electron chi connectivity index (χ2n) is 4.89. The zero-order chi connectivity index (χ0) is 14.8. The van der Waals surface area contributed by atoms with E-state index in [0.29, 0.717) is 10.8 Å². The van der Waals surface area contributed by atoms with E-state index in [1.807, 2.05) is 0 Å². The van der Waals surface area contributed by atoms with Crippen LogP contribution in [0.2, 0.25) is 5.02 Å². The Hall–Kier alpha value is -1.63. The van der Waals surface area contributed by atoms with Gasteiger partial charge in [-0.15, -0.1) is 11.3 Å². The first-order valence-electron chi connectivity index (χ1n) is 6.69. The monoisotopic (exact) mass is 322 g/mol. The zero-order valence-corrected chi connectivity index (χ0v) is 12.8. The van der Waals surface area contributed by atoms with Crippen LogP contribution in [0.5, 0.6) is 0 Å². The number of nitrogen functional groups attached to an aromatic ring is 1. The number of pyridine rings is 1. The van der Waals surface area contributed by atoms with E-state index >= 15 is 0 Å². The van der Waals surface area contributed by atoms with Crippen LogP contribution < -0.4 is 16.6 Å². The molecule has 1 amide bonds. The lowest BCUT2D eigenvalue weighted by Gasteiger charge is -2.23. The quantitative estimate of drug-likeness (QED) is 0.599. The average Bonchev–Trinajstić information content (AvgIpc) is 2.97. The van der Waals surface area contributed by atoms with Gasteiger partial charge >= 0.3 is 0 Å². The minimum absolute atomic E-state index is 0.0276. The molecular weight excluding hydrogens is 308 g/mol. The van der Waals surface area contributed by atoms with Gasteiger partial charge in [0.2, 0.25) is 0 Å². The molecule has 0 fully saturated rings. The molecule has 4 N–H and O–H groups in total. The number of carbonyl (C=O) groups excluding carboxylic acids is 1. The number of aryl methyl sites for hydroxylation is 1. The lowest BCUT2D eigenvalue weighted by Crippen LogP contribution is -2.31. The van der Waals surface area contributed by atoms with E-state index in [-0.39, 0.29) is 17.6 Å². The van der Waals surface area contributed by atoms with Gasteiger partial charge in [0.25, 0.3) is 5.91 Å². The van der Waals surface area contributed by atoms with Gasteiger partial charge in [0.05, 0.1) is 11.1 Å². The molecule has 0 radical (unpaired) electrons. The molecule has 21 heavy (non-hydrogen) atoms. The van der Waals surface area contributed by atoms with Gasteiger partial charge in [-0.1, -0.05) is 11.6 Å². The van der Waals surface area contributed by atoms with Gasteiger partial charge in [-0.2, -0.15) is 0 Å². The lowest BCUT2D eigenvalue weighted by atomic mass is 9.94. The number of amides is 1. The number of thiophene rings is 1. The van der Waals surface area contributed by atoms with Gasteiger partial charge in [-0.05, 0) is 48.4 Å². The normalized spacial score (nSPS) is 17.1. The van der Waals surface area contributed by atoms with Gasteiger partial charge in [0.15, 0.2) is 0 Å². The fraction of sp³-hybridized carbons (Fsp3) is 0.286. The third-order valence-corrected chi connectivity index (χ3v) is 4.87. The van der Waals surface area contributed by atoms with Gasteiger partial charge in [0, 0.05) is 4.88 Å². The first-order chi connectivity index (χ1) is 10.2. The Morgan fingerprint density at radius 2 is 2.29 bits per heavy atom. The van der Waals surface area contributed by atoms with E-state index in [2.05, 4.69) is 27.2 Å². The number of aromatic nitrogens is 1. The van der Waals surface area contributed by atoms with E-state index in [1.165, 1.54) is 10.4 Å². The third kappa shape index (κ3) is 2.88. The van der Waals surface area contributed by atoms with Crippen molar-refractivity contribution in [2.75, 3.05) is 5.43 Å². The summed E-state index contributed by atoms with van der Waals surface area (Å²) in [5, 5.41) is 5.40. The SMILES string of the molecule is NNc1ccc(Cl)c(C(=O)NC2CCCc3sccc32)n1. The summed E-state index contributed by atoms with van der Waals surface area (Å²) in [4.78, 5) is 17.9. The van der Waals surface area contributed by atoms with Crippen molar-refractivity contribution < 1.29 is 4.79 Å². The van der Waals surface area contributed by atoms with Crippen LogP contribution in [-0.4, -0.2) is 10.9 Å². The fourth-order valence-corrected chi connectivity index (χ4v) is 3.72. The van der Waals surface area contributed by atoms with Crippen molar-refractivity contribution in [2.45, 2.75) is 25.3 Å². The Bertz CT molecular complexity index is 673. The number of fused-ring (bicyclic) bond motifs is 1. The van der Waals surface area contributed by atoms with Crippen LogP contribution in [0.15, 0.2) is 23.6 Å². The van der Waals surface area contributed by atoms with Gasteiger partial charge < -0.3 is 10.7 Å². The number of nitrogens with one attached hydrogen (secondary N) is 2. The second kappa shape index (κ2) is 6.01. The van der Waals surface area contributed by atoms with Gasteiger partial charge in [0.1, 0.15) is 11.5 Å². The maximum atomic E-state index is 12.4. The Morgan fingerprint density at radius 1 is 1.43 bits per heavy atom. The topological polar surface area (TPSA) is 80.0 Å². The molecule has 110 valence electrons. The van der Waals surface area contributed by atoms with Gasteiger partial charge in [-0.25, -0.2) is 10.8 Å². The fourth-order valence-electron chi connectivity index (χ4n) is 2.54. The highest BCUT2D eigenvalue weighted by molar-refractivity contribution is 7.10. The molecule has 2 aromatic rings. The first kappa shape index (κ1) is 14.3. The predicted octanol–water partition coefficient (Wildman–Crippen LogP) is 2.89. The van der Waals surface area contributed by atoms with Crippen LogP contribution in [0.3, 0.4) is 0 Å².